The molecule has 0 bridgehead atoms. The van der Waals surface area contributed by atoms with Crippen LogP contribution in [0.1, 0.15) is 25.4 Å². The Kier molecular flexibility index (Phi) is 4.49. The molecule has 0 spiro atoms. The number of hydrogen-bond donors (Lipinski definition) is 0. The van der Waals surface area contributed by atoms with E-state index in [2.05, 4.69) is 11.1 Å². The molecule has 6 heteroatoms. The molecule has 1 aliphatic rings. The summed E-state index contributed by atoms with van der Waals surface area (Å²) in [5.74, 6) is 1.63. The van der Waals surface area contributed by atoms with Crippen molar-refractivity contribution in [3.05, 3.63) is 41.9 Å². The summed E-state index contributed by atoms with van der Waals surface area (Å²) in [6, 6.07) is 11.5. The molecule has 1 aromatic heterocycles. The van der Waals surface area contributed by atoms with Crippen molar-refractivity contribution < 1.29 is 13.9 Å². The predicted molar refractivity (Wildman–Crippen MR) is 84.2 cm³/mol. The average Bonchev–Trinajstić information content (AvgIpc) is 2.96. The lowest BCUT2D eigenvalue weighted by Crippen LogP contribution is -2.45. The van der Waals surface area contributed by atoms with Crippen molar-refractivity contribution in [3.63, 3.8) is 0 Å². The maximum atomic E-state index is 9.31. The summed E-state index contributed by atoms with van der Waals surface area (Å²) in [7, 11) is 0. The number of nitrogens with zero attached hydrogens (tertiary/aromatic N) is 3. The van der Waals surface area contributed by atoms with Crippen molar-refractivity contribution in [1.82, 2.24) is 4.98 Å². The molecule has 1 saturated heterocycles. The minimum atomic E-state index is 0.0828. The Morgan fingerprint density at radius 3 is 2.61 bits per heavy atom. The summed E-state index contributed by atoms with van der Waals surface area (Å²) in [6.45, 7) is 5.55. The first-order chi connectivity index (χ1) is 11.2. The number of hydrogen-bond acceptors (Lipinski definition) is 6. The second-order valence-electron chi connectivity index (χ2n) is 5.64. The maximum absolute atomic E-state index is 9.31. The minimum absolute atomic E-state index is 0.0828. The van der Waals surface area contributed by atoms with E-state index in [9.17, 15) is 5.26 Å². The van der Waals surface area contributed by atoms with E-state index in [1.165, 1.54) is 0 Å². The second kappa shape index (κ2) is 6.71. The molecule has 0 N–H and O–H groups in total. The van der Waals surface area contributed by atoms with Gasteiger partial charge < -0.3 is 18.8 Å². The zero-order chi connectivity index (χ0) is 16.2. The van der Waals surface area contributed by atoms with Crippen LogP contribution in [0.4, 0.5) is 5.88 Å². The molecule has 3 rings (SSSR count). The van der Waals surface area contributed by atoms with Crippen molar-refractivity contribution >= 4 is 5.88 Å². The van der Waals surface area contributed by atoms with Gasteiger partial charge in [0.25, 0.3) is 0 Å². The van der Waals surface area contributed by atoms with E-state index in [0.717, 1.165) is 5.75 Å². The van der Waals surface area contributed by atoms with Crippen molar-refractivity contribution in [2.75, 3.05) is 18.0 Å². The molecule has 2 atom stereocenters. The van der Waals surface area contributed by atoms with Crippen molar-refractivity contribution in [1.29, 1.82) is 5.26 Å². The molecule has 1 fully saturated rings. The average molecular weight is 313 g/mol. The van der Waals surface area contributed by atoms with E-state index in [1.807, 2.05) is 49.1 Å². The van der Waals surface area contributed by atoms with E-state index in [-0.39, 0.29) is 24.5 Å². The molecule has 6 nitrogen and oxygen atoms in total. The van der Waals surface area contributed by atoms with Crippen LogP contribution in [-0.2, 0) is 11.3 Å². The molecule has 120 valence electrons. The van der Waals surface area contributed by atoms with E-state index in [0.29, 0.717) is 24.9 Å². The van der Waals surface area contributed by atoms with Crippen molar-refractivity contribution in [2.24, 2.45) is 0 Å². The lowest BCUT2D eigenvalue weighted by Gasteiger charge is -2.34. The second-order valence-corrected chi connectivity index (χ2v) is 5.64. The molecule has 2 heterocycles. The first kappa shape index (κ1) is 15.4. The van der Waals surface area contributed by atoms with Gasteiger partial charge in [0.1, 0.15) is 11.8 Å². The lowest BCUT2D eigenvalue weighted by atomic mass is 10.2. The van der Waals surface area contributed by atoms with Crippen molar-refractivity contribution in [3.8, 4) is 11.8 Å². The van der Waals surface area contributed by atoms with E-state index in [4.69, 9.17) is 13.9 Å². The molecule has 1 aromatic carbocycles. The summed E-state index contributed by atoms with van der Waals surface area (Å²) >= 11 is 0. The van der Waals surface area contributed by atoms with Crippen LogP contribution in [0.25, 0.3) is 0 Å². The number of morpholine rings is 1. The van der Waals surface area contributed by atoms with Gasteiger partial charge in [0.2, 0.25) is 17.5 Å². The van der Waals surface area contributed by atoms with Crippen LogP contribution in [0, 0.1) is 11.3 Å². The molecule has 1 aliphatic heterocycles. The SMILES string of the molecule is C[C@@H]1CN(c2oc(COc3ccccc3)nc2C#N)C[C@@H](C)O1. The topological polar surface area (TPSA) is 71.5 Å². The zero-order valence-corrected chi connectivity index (χ0v) is 13.2. The number of para-hydroxylation sites is 1. The lowest BCUT2D eigenvalue weighted by molar-refractivity contribution is -0.00651. The molecule has 0 aliphatic carbocycles. The van der Waals surface area contributed by atoms with E-state index >= 15 is 0 Å². The summed E-state index contributed by atoms with van der Waals surface area (Å²) in [4.78, 5) is 6.24. The Morgan fingerprint density at radius 2 is 1.96 bits per heavy atom. The Hall–Kier alpha value is -2.52. The monoisotopic (exact) mass is 313 g/mol. The van der Waals surface area contributed by atoms with Gasteiger partial charge in [0, 0.05) is 13.1 Å². The van der Waals surface area contributed by atoms with Gasteiger partial charge in [-0.2, -0.15) is 10.2 Å². The fourth-order valence-corrected chi connectivity index (χ4v) is 2.71. The molecular formula is C17H19N3O3. The first-order valence-electron chi connectivity index (χ1n) is 7.63. The number of nitriles is 1. The van der Waals surface area contributed by atoms with Gasteiger partial charge in [-0.3, -0.25) is 0 Å². The highest BCUT2D eigenvalue weighted by Gasteiger charge is 2.27. The van der Waals surface area contributed by atoms with Gasteiger partial charge in [-0.05, 0) is 26.0 Å². The van der Waals surface area contributed by atoms with E-state index < -0.39 is 0 Å². The number of benzene rings is 1. The number of anilines is 1. The smallest absolute Gasteiger partial charge is 0.236 e. The predicted octanol–water partition coefficient (Wildman–Crippen LogP) is 2.74. The van der Waals surface area contributed by atoms with Gasteiger partial charge in [-0.1, -0.05) is 18.2 Å². The van der Waals surface area contributed by atoms with Crippen LogP contribution in [0.15, 0.2) is 34.7 Å². The van der Waals surface area contributed by atoms with Gasteiger partial charge >= 0.3 is 0 Å². The van der Waals surface area contributed by atoms with Crippen LogP contribution in [0.5, 0.6) is 5.75 Å². The quantitative estimate of drug-likeness (QED) is 0.864. The minimum Gasteiger partial charge on any atom is -0.484 e. The van der Waals surface area contributed by atoms with Gasteiger partial charge in [0.15, 0.2) is 6.61 Å². The van der Waals surface area contributed by atoms with Crippen molar-refractivity contribution in [2.45, 2.75) is 32.7 Å². The summed E-state index contributed by atoms with van der Waals surface area (Å²) in [5.41, 5.74) is 0.290. The van der Waals surface area contributed by atoms with Crippen LogP contribution >= 0.6 is 0 Å². The Morgan fingerprint density at radius 1 is 1.26 bits per heavy atom. The standard InChI is InChI=1S/C17H19N3O3/c1-12-9-20(10-13(2)22-12)17-15(8-18)19-16(23-17)11-21-14-6-4-3-5-7-14/h3-7,12-13H,9-11H2,1-2H3/t12-,13-/m1/s1. The number of aromatic nitrogens is 1. The highest BCUT2D eigenvalue weighted by molar-refractivity contribution is 5.48. The Bertz CT molecular complexity index is 683. The summed E-state index contributed by atoms with van der Waals surface area (Å²) < 4.78 is 17.1. The number of oxazole rings is 1. The number of ether oxygens (including phenoxy) is 2. The first-order valence-corrected chi connectivity index (χ1v) is 7.63. The van der Waals surface area contributed by atoms with Gasteiger partial charge in [-0.25, -0.2) is 0 Å². The molecular weight excluding hydrogens is 294 g/mol. The molecule has 2 aromatic rings. The molecule has 23 heavy (non-hydrogen) atoms. The van der Waals surface area contributed by atoms with E-state index in [1.54, 1.807) is 0 Å². The highest BCUT2D eigenvalue weighted by Crippen LogP contribution is 2.26. The number of rotatable bonds is 4. The molecule has 0 amide bonds. The van der Waals surface area contributed by atoms with Crippen LogP contribution in [0.3, 0.4) is 0 Å². The van der Waals surface area contributed by atoms with Crippen LogP contribution < -0.4 is 9.64 Å². The molecule has 0 unspecified atom stereocenters. The normalized spacial score (nSPS) is 21.0. The fraction of sp³-hybridized carbons (Fsp3) is 0.412. The maximum Gasteiger partial charge on any atom is 0.236 e. The third-order valence-corrected chi connectivity index (χ3v) is 3.57. The van der Waals surface area contributed by atoms with Crippen LogP contribution in [0.2, 0.25) is 0 Å². The third kappa shape index (κ3) is 3.63. The third-order valence-electron chi connectivity index (χ3n) is 3.57. The summed E-state index contributed by atoms with van der Waals surface area (Å²) in [5, 5.41) is 9.31. The zero-order valence-electron chi connectivity index (χ0n) is 13.2. The van der Waals surface area contributed by atoms with Crippen LogP contribution in [-0.4, -0.2) is 30.3 Å². The largest absolute Gasteiger partial charge is 0.484 e. The Labute approximate surface area is 135 Å². The van der Waals surface area contributed by atoms with Gasteiger partial charge in [-0.15, -0.1) is 0 Å². The molecule has 0 radical (unpaired) electrons. The highest BCUT2D eigenvalue weighted by atomic mass is 16.5. The fourth-order valence-electron chi connectivity index (χ4n) is 2.71. The summed E-state index contributed by atoms with van der Waals surface area (Å²) in [6.07, 6.45) is 0.166. The molecule has 0 saturated carbocycles. The van der Waals surface area contributed by atoms with Gasteiger partial charge in [0.05, 0.1) is 12.2 Å². The Balaban J connectivity index is 1.74.